The number of carbonyl (C=O) groups is 2. The Morgan fingerprint density at radius 3 is 2.32 bits per heavy atom. The molecular weight excluding hydrogens is 406 g/mol. The lowest BCUT2D eigenvalue weighted by Gasteiger charge is -2.28. The van der Waals surface area contributed by atoms with Gasteiger partial charge in [0, 0.05) is 17.6 Å². The van der Waals surface area contributed by atoms with Gasteiger partial charge in [-0.1, -0.05) is 48.5 Å². The molecule has 2 amide bonds. The molecule has 0 radical (unpaired) electrons. The number of hydrogen-bond acceptors (Lipinski definition) is 3. The Morgan fingerprint density at radius 1 is 0.774 bits per heavy atom. The van der Waals surface area contributed by atoms with E-state index in [1.165, 1.54) is 4.90 Å². The van der Waals surface area contributed by atoms with Crippen LogP contribution in [0.1, 0.15) is 5.69 Å². The first kappa shape index (κ1) is 19.0. The zero-order valence-electron chi connectivity index (χ0n) is 16.4. The monoisotopic (exact) mass is 423 g/mol. The lowest BCUT2D eigenvalue weighted by atomic mass is 10.1. The van der Waals surface area contributed by atoms with Crippen molar-refractivity contribution < 1.29 is 9.59 Å². The average molecular weight is 423 g/mol. The number of fused-ring (bicyclic) bond motifs is 1. The number of nitrogens with zero attached hydrogens (tertiary/aromatic N) is 2. The van der Waals surface area contributed by atoms with Crippen molar-refractivity contribution in [3.05, 3.63) is 102 Å². The molecule has 1 fully saturated rings. The number of para-hydroxylation sites is 1. The summed E-state index contributed by atoms with van der Waals surface area (Å²) in [6, 6.07) is 27.0. The molecule has 0 atom stereocenters. The van der Waals surface area contributed by atoms with Crippen molar-refractivity contribution in [3.63, 3.8) is 0 Å². The Kier molecular flexibility index (Phi) is 4.69. The third-order valence-corrected chi connectivity index (χ3v) is 5.48. The summed E-state index contributed by atoms with van der Waals surface area (Å²) in [6.45, 7) is 0. The van der Waals surface area contributed by atoms with Crippen LogP contribution in [0.5, 0.6) is 0 Å². The molecule has 0 unspecified atom stereocenters. The van der Waals surface area contributed by atoms with E-state index in [4.69, 9.17) is 12.2 Å². The smallest absolute Gasteiger partial charge is 0.270 e. The van der Waals surface area contributed by atoms with Gasteiger partial charge in [0.25, 0.3) is 11.8 Å². The summed E-state index contributed by atoms with van der Waals surface area (Å²) in [7, 11) is 0. The minimum Gasteiger partial charge on any atom is -0.317 e. The largest absolute Gasteiger partial charge is 0.317 e. The van der Waals surface area contributed by atoms with Crippen molar-refractivity contribution >= 4 is 51.7 Å². The van der Waals surface area contributed by atoms with Crippen LogP contribution in [-0.2, 0) is 9.59 Å². The van der Waals surface area contributed by atoms with Gasteiger partial charge >= 0.3 is 0 Å². The summed E-state index contributed by atoms with van der Waals surface area (Å²) in [5.41, 5.74) is 2.29. The number of carbonyl (C=O) groups excluding carboxylic acids is 2. The first-order valence-corrected chi connectivity index (χ1v) is 10.2. The van der Waals surface area contributed by atoms with Gasteiger partial charge in [-0.15, -0.1) is 0 Å². The molecule has 5 nitrogen and oxygen atoms in total. The van der Waals surface area contributed by atoms with Crippen LogP contribution in [0.15, 0.2) is 96.7 Å². The van der Waals surface area contributed by atoms with E-state index in [0.717, 1.165) is 22.2 Å². The summed E-state index contributed by atoms with van der Waals surface area (Å²) in [6.07, 6.45) is 3.51. The van der Waals surface area contributed by atoms with E-state index in [0.29, 0.717) is 5.69 Å². The Hall–Kier alpha value is -4.03. The first-order chi connectivity index (χ1) is 15.1. The predicted molar refractivity (Wildman–Crippen MR) is 126 cm³/mol. The van der Waals surface area contributed by atoms with Crippen LogP contribution >= 0.6 is 12.2 Å². The highest BCUT2D eigenvalue weighted by molar-refractivity contribution is 7.80. The fourth-order valence-electron chi connectivity index (χ4n) is 3.69. The normalized spacial score (nSPS) is 15.5. The van der Waals surface area contributed by atoms with Gasteiger partial charge in [0.15, 0.2) is 5.11 Å². The zero-order chi connectivity index (χ0) is 21.4. The second-order valence-corrected chi connectivity index (χ2v) is 7.51. The van der Waals surface area contributed by atoms with Crippen molar-refractivity contribution in [2.75, 3.05) is 4.90 Å². The Labute approximate surface area is 184 Å². The van der Waals surface area contributed by atoms with Gasteiger partial charge in [-0.05, 0) is 65.5 Å². The molecule has 2 heterocycles. The minimum atomic E-state index is -0.506. The molecule has 0 bridgehead atoms. The van der Waals surface area contributed by atoms with Crippen molar-refractivity contribution in [2.45, 2.75) is 0 Å². The van der Waals surface area contributed by atoms with E-state index in [1.807, 2.05) is 59.3 Å². The Bertz CT molecular complexity index is 1370. The minimum absolute atomic E-state index is 0.0261. The summed E-state index contributed by atoms with van der Waals surface area (Å²) >= 11 is 5.25. The van der Waals surface area contributed by atoms with E-state index in [-0.39, 0.29) is 10.7 Å². The number of hydrogen-bond donors (Lipinski definition) is 1. The summed E-state index contributed by atoms with van der Waals surface area (Å²) in [5, 5.41) is 4.95. The number of nitrogens with one attached hydrogen (secondary N) is 1. The van der Waals surface area contributed by atoms with E-state index < -0.39 is 11.8 Å². The maximum absolute atomic E-state index is 13.2. The average Bonchev–Trinajstić information content (AvgIpc) is 3.25. The first-order valence-electron chi connectivity index (χ1n) is 9.75. The third-order valence-electron chi connectivity index (χ3n) is 5.20. The second-order valence-electron chi connectivity index (χ2n) is 7.13. The maximum atomic E-state index is 13.2. The molecule has 0 aliphatic carbocycles. The van der Waals surface area contributed by atoms with E-state index in [9.17, 15) is 9.59 Å². The molecule has 31 heavy (non-hydrogen) atoms. The van der Waals surface area contributed by atoms with E-state index in [1.54, 1.807) is 18.2 Å². The van der Waals surface area contributed by atoms with Crippen LogP contribution < -0.4 is 10.2 Å². The molecule has 3 aromatic carbocycles. The Balaban J connectivity index is 1.56. The number of rotatable bonds is 3. The number of aromatic nitrogens is 1. The lowest BCUT2D eigenvalue weighted by Crippen LogP contribution is -2.54. The van der Waals surface area contributed by atoms with Crippen LogP contribution in [0.3, 0.4) is 0 Å². The van der Waals surface area contributed by atoms with Gasteiger partial charge in [-0.2, -0.15) is 0 Å². The molecule has 5 rings (SSSR count). The van der Waals surface area contributed by atoms with E-state index >= 15 is 0 Å². The molecule has 6 heteroatoms. The standard InChI is InChI=1S/C25H17N3O2S/c29-23-22(24(30)28(25(31)26-23)19-9-2-1-3-10-19)16-20-11-6-14-27(20)21-13-12-17-7-4-5-8-18(17)15-21/h1-16H,(H,26,29,31)/b22-16-. The van der Waals surface area contributed by atoms with Gasteiger partial charge in [-0.25, -0.2) is 0 Å². The molecule has 1 saturated heterocycles. The van der Waals surface area contributed by atoms with Crippen LogP contribution in [-0.4, -0.2) is 21.5 Å². The van der Waals surface area contributed by atoms with Gasteiger partial charge < -0.3 is 4.57 Å². The van der Waals surface area contributed by atoms with Gasteiger partial charge in [0.2, 0.25) is 0 Å². The topological polar surface area (TPSA) is 54.3 Å². The summed E-state index contributed by atoms with van der Waals surface area (Å²) < 4.78 is 1.94. The predicted octanol–water partition coefficient (Wildman–Crippen LogP) is 4.46. The third kappa shape index (κ3) is 3.43. The number of thiocarbonyl (C=S) groups is 1. The van der Waals surface area contributed by atoms with Crippen LogP contribution in [0, 0.1) is 0 Å². The van der Waals surface area contributed by atoms with Gasteiger partial charge in [0.05, 0.1) is 5.69 Å². The van der Waals surface area contributed by atoms with Crippen molar-refractivity contribution in [2.24, 2.45) is 0 Å². The fourth-order valence-corrected chi connectivity index (χ4v) is 3.97. The lowest BCUT2D eigenvalue weighted by molar-refractivity contribution is -0.122. The second kappa shape index (κ2) is 7.66. The highest BCUT2D eigenvalue weighted by Crippen LogP contribution is 2.24. The molecular formula is C25H17N3O2S. The maximum Gasteiger partial charge on any atom is 0.270 e. The quantitative estimate of drug-likeness (QED) is 0.301. The zero-order valence-corrected chi connectivity index (χ0v) is 17.2. The highest BCUT2D eigenvalue weighted by Gasteiger charge is 2.34. The van der Waals surface area contributed by atoms with Gasteiger partial charge in [0.1, 0.15) is 5.57 Å². The number of benzene rings is 3. The van der Waals surface area contributed by atoms with Crippen molar-refractivity contribution in [3.8, 4) is 5.69 Å². The molecule has 1 aliphatic rings. The molecule has 1 N–H and O–H groups in total. The molecule has 0 spiro atoms. The van der Waals surface area contributed by atoms with Crippen molar-refractivity contribution in [1.29, 1.82) is 0 Å². The molecule has 150 valence electrons. The SMILES string of the molecule is O=C1NC(=S)N(c2ccccc2)C(=O)/C1=C\c1cccn1-c1ccc2ccccc2c1. The number of amides is 2. The molecule has 0 saturated carbocycles. The van der Waals surface area contributed by atoms with Crippen LogP contribution in [0.2, 0.25) is 0 Å². The fraction of sp³-hybridized carbons (Fsp3) is 0. The summed E-state index contributed by atoms with van der Waals surface area (Å²) in [5.74, 6) is -0.959. The van der Waals surface area contributed by atoms with E-state index in [2.05, 4.69) is 29.6 Å². The molecule has 1 aromatic heterocycles. The van der Waals surface area contributed by atoms with Crippen molar-refractivity contribution in [1.82, 2.24) is 9.88 Å². The highest BCUT2D eigenvalue weighted by atomic mass is 32.1. The van der Waals surface area contributed by atoms with Crippen LogP contribution in [0.25, 0.3) is 22.5 Å². The number of anilines is 1. The summed E-state index contributed by atoms with van der Waals surface area (Å²) in [4.78, 5) is 27.2. The molecule has 4 aromatic rings. The molecule has 1 aliphatic heterocycles. The van der Waals surface area contributed by atoms with Crippen LogP contribution in [0.4, 0.5) is 5.69 Å². The Morgan fingerprint density at radius 2 is 1.52 bits per heavy atom. The van der Waals surface area contributed by atoms with Gasteiger partial charge in [-0.3, -0.25) is 19.8 Å².